The van der Waals surface area contributed by atoms with Gasteiger partial charge in [0.2, 0.25) is 0 Å². The molecule has 0 fully saturated rings. The van der Waals surface area contributed by atoms with Gasteiger partial charge < -0.3 is 8.83 Å². The Labute approximate surface area is 309 Å². The van der Waals surface area contributed by atoms with Crippen LogP contribution in [0.1, 0.15) is 0 Å². The van der Waals surface area contributed by atoms with E-state index in [4.69, 9.17) is 18.8 Å². The maximum atomic E-state index is 6.59. The summed E-state index contributed by atoms with van der Waals surface area (Å²) in [7, 11) is 0. The Bertz CT molecular complexity index is 3320. The van der Waals surface area contributed by atoms with E-state index in [1.807, 2.05) is 30.3 Å². The zero-order valence-corrected chi connectivity index (χ0v) is 28.9. The van der Waals surface area contributed by atoms with Crippen molar-refractivity contribution >= 4 is 54.8 Å². The lowest BCUT2D eigenvalue weighted by molar-refractivity contribution is 0.667. The molecule has 54 heavy (non-hydrogen) atoms. The van der Waals surface area contributed by atoms with Crippen molar-refractivity contribution in [2.75, 3.05) is 0 Å². The molecule has 11 aromatic rings. The van der Waals surface area contributed by atoms with Crippen LogP contribution in [-0.2, 0) is 0 Å². The molecule has 0 bridgehead atoms. The normalized spacial score (nSPS) is 12.1. The quantitative estimate of drug-likeness (QED) is 0.185. The van der Waals surface area contributed by atoms with Gasteiger partial charge in [-0.05, 0) is 92.2 Å². The van der Waals surface area contributed by atoms with Crippen LogP contribution in [0.2, 0.25) is 0 Å². The predicted octanol–water partition coefficient (Wildman–Crippen LogP) is 13.7. The van der Waals surface area contributed by atoms with Crippen molar-refractivity contribution in [1.82, 2.24) is 9.97 Å². The average Bonchev–Trinajstić information content (AvgIpc) is 3.91. The Morgan fingerprint density at radius 2 is 1.06 bits per heavy atom. The highest BCUT2D eigenvalue weighted by Crippen LogP contribution is 2.52. The second kappa shape index (κ2) is 11.1. The molecule has 3 heterocycles. The maximum absolute atomic E-state index is 6.59. The van der Waals surface area contributed by atoms with E-state index in [0.29, 0.717) is 11.4 Å². The number of nitrogens with zero attached hydrogens (tertiary/aromatic N) is 2. The topological polar surface area (TPSA) is 52.1 Å². The van der Waals surface area contributed by atoms with E-state index in [2.05, 4.69) is 140 Å². The molecule has 1 aliphatic carbocycles. The molecule has 12 rings (SSSR count). The first-order valence-corrected chi connectivity index (χ1v) is 18.2. The summed E-state index contributed by atoms with van der Waals surface area (Å²) < 4.78 is 13.0. The minimum atomic E-state index is 0.653. The second-order valence-electron chi connectivity index (χ2n) is 14.1. The lowest BCUT2D eigenvalue weighted by Gasteiger charge is -2.11. The monoisotopic (exact) mass is 688 g/mol. The van der Waals surface area contributed by atoms with Gasteiger partial charge in [-0.25, -0.2) is 9.97 Å². The third-order valence-corrected chi connectivity index (χ3v) is 11.0. The molecule has 0 amide bonds. The Hall–Kier alpha value is -7.30. The highest BCUT2D eigenvalue weighted by Gasteiger charge is 2.27. The Morgan fingerprint density at radius 3 is 1.93 bits per heavy atom. The molecule has 0 unspecified atom stereocenters. The number of aromatic nitrogens is 2. The molecule has 0 saturated heterocycles. The first-order valence-electron chi connectivity index (χ1n) is 18.2. The molecular weight excluding hydrogens is 661 g/mol. The van der Waals surface area contributed by atoms with Gasteiger partial charge in [0.15, 0.2) is 11.4 Å². The standard InChI is InChI=1S/C50H28N2O2/c1-2-10-29(11-3-1)30-20-22-31(23-21-30)46-49-47(40-16-5-7-19-43(40)54-49)52-50(51-46)34-14-8-12-32(26-34)35-27-33-13-9-17-37-38-24-25-39-36-15-4-6-18-42(36)53-48(39)45(38)41(28-35)44(33)37/h1-28H. The minimum Gasteiger partial charge on any atom is -0.455 e. The third-order valence-electron chi connectivity index (χ3n) is 11.0. The lowest BCUT2D eigenvalue weighted by atomic mass is 9.95. The van der Waals surface area contributed by atoms with Crippen molar-refractivity contribution in [3.05, 3.63) is 170 Å². The summed E-state index contributed by atoms with van der Waals surface area (Å²) in [5.74, 6) is 0.653. The Kier molecular flexibility index (Phi) is 6.02. The fourth-order valence-electron chi connectivity index (χ4n) is 8.50. The summed E-state index contributed by atoms with van der Waals surface area (Å²) in [6, 6.07) is 59.6. The summed E-state index contributed by atoms with van der Waals surface area (Å²) in [6.07, 6.45) is 0. The number of hydrogen-bond donors (Lipinski definition) is 0. The van der Waals surface area contributed by atoms with E-state index >= 15 is 0 Å². The fourth-order valence-corrected chi connectivity index (χ4v) is 8.50. The maximum Gasteiger partial charge on any atom is 0.180 e. The number of benzene rings is 8. The fraction of sp³-hybridized carbons (Fsp3) is 0. The van der Waals surface area contributed by atoms with Gasteiger partial charge in [-0.15, -0.1) is 0 Å². The van der Waals surface area contributed by atoms with E-state index < -0.39 is 0 Å². The van der Waals surface area contributed by atoms with E-state index in [1.165, 1.54) is 33.0 Å². The number of rotatable bonds is 4. The molecule has 0 aliphatic heterocycles. The predicted molar refractivity (Wildman–Crippen MR) is 220 cm³/mol. The van der Waals surface area contributed by atoms with Gasteiger partial charge in [0.05, 0.1) is 0 Å². The van der Waals surface area contributed by atoms with Crippen molar-refractivity contribution in [2.24, 2.45) is 0 Å². The van der Waals surface area contributed by atoms with Crippen LogP contribution >= 0.6 is 0 Å². The number of para-hydroxylation sites is 2. The molecule has 3 aromatic heterocycles. The number of hydrogen-bond acceptors (Lipinski definition) is 4. The molecular formula is C50H28N2O2. The zero-order chi connectivity index (χ0) is 35.3. The SMILES string of the molecule is c1ccc(-c2ccc(-c3nc(-c4cccc(-c5cc6c7c(cccc7c5)-c5ccc7c(oc8ccccc87)c5-6)c4)nc4c3oc3ccccc34)cc2)cc1. The van der Waals surface area contributed by atoms with E-state index in [1.54, 1.807) is 0 Å². The van der Waals surface area contributed by atoms with Gasteiger partial charge >= 0.3 is 0 Å². The number of furan rings is 2. The van der Waals surface area contributed by atoms with Crippen molar-refractivity contribution in [3.8, 4) is 67.2 Å². The molecule has 4 nitrogen and oxygen atoms in total. The van der Waals surface area contributed by atoms with E-state index in [9.17, 15) is 0 Å². The van der Waals surface area contributed by atoms with E-state index in [-0.39, 0.29) is 0 Å². The van der Waals surface area contributed by atoms with Gasteiger partial charge in [-0.3, -0.25) is 0 Å². The Balaban J connectivity index is 1.03. The molecule has 0 spiro atoms. The summed E-state index contributed by atoms with van der Waals surface area (Å²) in [4.78, 5) is 10.4. The first kappa shape index (κ1) is 29.3. The summed E-state index contributed by atoms with van der Waals surface area (Å²) in [5.41, 5.74) is 16.2. The van der Waals surface area contributed by atoms with Crippen molar-refractivity contribution in [3.63, 3.8) is 0 Å². The molecule has 8 aromatic carbocycles. The molecule has 0 radical (unpaired) electrons. The highest BCUT2D eigenvalue weighted by molar-refractivity contribution is 6.23. The third kappa shape index (κ3) is 4.25. The summed E-state index contributed by atoms with van der Waals surface area (Å²) >= 11 is 0. The van der Waals surface area contributed by atoms with Gasteiger partial charge in [0, 0.05) is 32.8 Å². The minimum absolute atomic E-state index is 0.653. The van der Waals surface area contributed by atoms with Gasteiger partial charge in [0.25, 0.3) is 0 Å². The van der Waals surface area contributed by atoms with Crippen LogP contribution in [0.3, 0.4) is 0 Å². The van der Waals surface area contributed by atoms with Crippen LogP contribution in [-0.4, -0.2) is 9.97 Å². The van der Waals surface area contributed by atoms with E-state index in [0.717, 1.165) is 77.5 Å². The molecule has 250 valence electrons. The molecule has 0 atom stereocenters. The number of fused-ring (bicyclic) bond motifs is 10. The highest BCUT2D eigenvalue weighted by atomic mass is 16.3. The molecule has 0 N–H and O–H groups in total. The molecule has 1 aliphatic rings. The second-order valence-corrected chi connectivity index (χ2v) is 14.1. The van der Waals surface area contributed by atoms with Crippen LogP contribution in [0.25, 0.3) is 122 Å². The van der Waals surface area contributed by atoms with Gasteiger partial charge in [-0.1, -0.05) is 127 Å². The summed E-state index contributed by atoms with van der Waals surface area (Å²) in [5, 5.41) is 5.72. The van der Waals surface area contributed by atoms with Crippen molar-refractivity contribution < 1.29 is 8.83 Å². The average molecular weight is 689 g/mol. The largest absolute Gasteiger partial charge is 0.455 e. The van der Waals surface area contributed by atoms with Crippen LogP contribution in [0.5, 0.6) is 0 Å². The first-order chi connectivity index (χ1) is 26.7. The summed E-state index contributed by atoms with van der Waals surface area (Å²) in [6.45, 7) is 0. The van der Waals surface area contributed by atoms with Gasteiger partial charge in [0.1, 0.15) is 28.0 Å². The van der Waals surface area contributed by atoms with Crippen molar-refractivity contribution in [1.29, 1.82) is 0 Å². The smallest absolute Gasteiger partial charge is 0.180 e. The lowest BCUT2D eigenvalue weighted by Crippen LogP contribution is -1.94. The van der Waals surface area contributed by atoms with Crippen LogP contribution in [0, 0.1) is 0 Å². The Morgan fingerprint density at radius 1 is 0.370 bits per heavy atom. The van der Waals surface area contributed by atoms with Crippen LogP contribution < -0.4 is 0 Å². The molecule has 4 heteroatoms. The van der Waals surface area contributed by atoms with Crippen LogP contribution in [0.15, 0.2) is 179 Å². The van der Waals surface area contributed by atoms with Gasteiger partial charge in [-0.2, -0.15) is 0 Å². The zero-order valence-electron chi connectivity index (χ0n) is 28.9. The van der Waals surface area contributed by atoms with Crippen molar-refractivity contribution in [2.45, 2.75) is 0 Å². The molecule has 0 saturated carbocycles. The van der Waals surface area contributed by atoms with Crippen LogP contribution in [0.4, 0.5) is 0 Å².